The monoisotopic (exact) mass is 281 g/mol. The van der Waals surface area contributed by atoms with Gasteiger partial charge in [0.1, 0.15) is 0 Å². The summed E-state index contributed by atoms with van der Waals surface area (Å²) in [6.45, 7) is 3.62. The van der Waals surface area contributed by atoms with Crippen molar-refractivity contribution in [2.75, 3.05) is 6.54 Å². The smallest absolute Gasteiger partial charge is 0.0664 e. The Morgan fingerprint density at radius 3 is 3.00 bits per heavy atom. The van der Waals surface area contributed by atoms with Crippen molar-refractivity contribution in [3.8, 4) is 10.4 Å². The van der Waals surface area contributed by atoms with E-state index in [0.29, 0.717) is 6.54 Å². The molecule has 0 aliphatic carbocycles. The largest absolute Gasteiger partial charge is 0.392 e. The Bertz CT molecular complexity index is 450. The van der Waals surface area contributed by atoms with Crippen molar-refractivity contribution in [3.63, 3.8) is 0 Å². The minimum atomic E-state index is -0.216. The lowest BCUT2D eigenvalue weighted by Gasteiger charge is -2.09. The molecule has 0 fully saturated rings. The maximum absolute atomic E-state index is 9.63. The quantitative estimate of drug-likeness (QED) is 0.810. The van der Waals surface area contributed by atoms with E-state index in [2.05, 4.69) is 41.2 Å². The summed E-state index contributed by atoms with van der Waals surface area (Å²) in [6.07, 6.45) is 1.69. The van der Waals surface area contributed by atoms with E-state index in [-0.39, 0.29) is 6.10 Å². The van der Waals surface area contributed by atoms with E-state index in [1.165, 1.54) is 15.3 Å². The van der Waals surface area contributed by atoms with E-state index in [0.717, 1.165) is 19.4 Å². The van der Waals surface area contributed by atoms with E-state index in [9.17, 15) is 5.11 Å². The standard InChI is InChI=1S/C14H19NOS2/c1-2-4-12(16)8-15-9-13-7-11(10-18-13)14-5-3-6-17-14/h3,5-7,10,12,15-16H,2,4,8-9H2,1H3. The summed E-state index contributed by atoms with van der Waals surface area (Å²) < 4.78 is 0. The molecule has 0 aliphatic rings. The lowest BCUT2D eigenvalue weighted by atomic mass is 10.2. The molecule has 18 heavy (non-hydrogen) atoms. The number of nitrogens with one attached hydrogen (secondary N) is 1. The summed E-state index contributed by atoms with van der Waals surface area (Å²) in [5, 5.41) is 17.2. The lowest BCUT2D eigenvalue weighted by molar-refractivity contribution is 0.160. The first-order valence-electron chi connectivity index (χ1n) is 6.29. The van der Waals surface area contributed by atoms with Crippen LogP contribution < -0.4 is 5.32 Å². The Kier molecular flexibility index (Phi) is 5.38. The lowest BCUT2D eigenvalue weighted by Crippen LogP contribution is -2.25. The van der Waals surface area contributed by atoms with Gasteiger partial charge in [-0.3, -0.25) is 0 Å². The highest BCUT2D eigenvalue weighted by Gasteiger charge is 2.05. The Labute approximate surface area is 116 Å². The van der Waals surface area contributed by atoms with Gasteiger partial charge in [-0.1, -0.05) is 19.4 Å². The number of thiophene rings is 2. The molecule has 2 aromatic heterocycles. The van der Waals surface area contributed by atoms with Crippen molar-refractivity contribution in [1.29, 1.82) is 0 Å². The number of aliphatic hydroxyl groups excluding tert-OH is 1. The van der Waals surface area contributed by atoms with E-state index >= 15 is 0 Å². The third-order valence-corrected chi connectivity index (χ3v) is 4.62. The fourth-order valence-electron chi connectivity index (χ4n) is 1.84. The van der Waals surface area contributed by atoms with Gasteiger partial charge in [0.25, 0.3) is 0 Å². The average molecular weight is 281 g/mol. The van der Waals surface area contributed by atoms with Crippen molar-refractivity contribution < 1.29 is 5.11 Å². The number of hydrogen-bond donors (Lipinski definition) is 2. The highest BCUT2D eigenvalue weighted by atomic mass is 32.1. The Morgan fingerprint density at radius 1 is 1.39 bits per heavy atom. The van der Waals surface area contributed by atoms with Crippen LogP contribution in [0.25, 0.3) is 10.4 Å². The van der Waals surface area contributed by atoms with Crippen LogP contribution in [0.1, 0.15) is 24.6 Å². The van der Waals surface area contributed by atoms with Gasteiger partial charge in [0.05, 0.1) is 6.10 Å². The third-order valence-electron chi connectivity index (χ3n) is 2.76. The van der Waals surface area contributed by atoms with Gasteiger partial charge in [0.15, 0.2) is 0 Å². The summed E-state index contributed by atoms with van der Waals surface area (Å²) in [6, 6.07) is 6.46. The van der Waals surface area contributed by atoms with Crippen molar-refractivity contribution >= 4 is 22.7 Å². The first kappa shape index (κ1) is 13.7. The fourth-order valence-corrected chi connectivity index (χ4v) is 3.49. The average Bonchev–Trinajstić information content (AvgIpc) is 2.99. The van der Waals surface area contributed by atoms with Gasteiger partial charge in [-0.15, -0.1) is 22.7 Å². The number of aliphatic hydroxyl groups is 1. The minimum absolute atomic E-state index is 0.216. The van der Waals surface area contributed by atoms with Gasteiger partial charge < -0.3 is 10.4 Å². The molecule has 0 radical (unpaired) electrons. The highest BCUT2D eigenvalue weighted by Crippen LogP contribution is 2.29. The van der Waals surface area contributed by atoms with Crippen LogP contribution in [0.4, 0.5) is 0 Å². The zero-order chi connectivity index (χ0) is 12.8. The first-order chi connectivity index (χ1) is 8.79. The first-order valence-corrected chi connectivity index (χ1v) is 8.05. The molecule has 0 aliphatic heterocycles. The molecule has 0 saturated heterocycles. The van der Waals surface area contributed by atoms with E-state index in [4.69, 9.17) is 0 Å². The minimum Gasteiger partial charge on any atom is -0.392 e. The normalized spacial score (nSPS) is 12.8. The van der Waals surface area contributed by atoms with Crippen LogP contribution >= 0.6 is 22.7 Å². The topological polar surface area (TPSA) is 32.3 Å². The Morgan fingerprint density at radius 2 is 2.28 bits per heavy atom. The van der Waals surface area contributed by atoms with Gasteiger partial charge in [-0.2, -0.15) is 0 Å². The highest BCUT2D eigenvalue weighted by molar-refractivity contribution is 7.14. The van der Waals surface area contributed by atoms with Crippen molar-refractivity contribution in [2.45, 2.75) is 32.4 Å². The Hall–Kier alpha value is -0.680. The molecule has 0 amide bonds. The van der Waals surface area contributed by atoms with Crippen LogP contribution in [-0.2, 0) is 6.54 Å². The van der Waals surface area contributed by atoms with Crippen molar-refractivity contribution in [2.24, 2.45) is 0 Å². The molecule has 2 heterocycles. The predicted molar refractivity (Wildman–Crippen MR) is 80.3 cm³/mol. The summed E-state index contributed by atoms with van der Waals surface area (Å²) in [5.74, 6) is 0. The summed E-state index contributed by atoms with van der Waals surface area (Å²) >= 11 is 3.55. The van der Waals surface area contributed by atoms with Crippen LogP contribution in [0.3, 0.4) is 0 Å². The van der Waals surface area contributed by atoms with Gasteiger partial charge in [-0.05, 0) is 29.3 Å². The molecule has 2 aromatic rings. The zero-order valence-corrected chi connectivity index (χ0v) is 12.2. The van der Waals surface area contributed by atoms with E-state index in [1.54, 1.807) is 22.7 Å². The molecular formula is C14H19NOS2. The van der Waals surface area contributed by atoms with Crippen LogP contribution in [0.5, 0.6) is 0 Å². The molecule has 1 unspecified atom stereocenters. The molecule has 0 spiro atoms. The van der Waals surface area contributed by atoms with Gasteiger partial charge in [0, 0.05) is 28.4 Å². The second-order valence-electron chi connectivity index (χ2n) is 4.35. The van der Waals surface area contributed by atoms with Crippen LogP contribution in [0, 0.1) is 0 Å². The number of rotatable bonds is 7. The van der Waals surface area contributed by atoms with E-state index in [1.807, 2.05) is 0 Å². The van der Waals surface area contributed by atoms with Crippen LogP contribution in [0.2, 0.25) is 0 Å². The second-order valence-corrected chi connectivity index (χ2v) is 6.30. The maximum atomic E-state index is 9.63. The third kappa shape index (κ3) is 3.92. The predicted octanol–water partition coefficient (Wildman–Crippen LogP) is 3.73. The van der Waals surface area contributed by atoms with Crippen LogP contribution in [0.15, 0.2) is 29.0 Å². The molecule has 1 atom stereocenters. The molecule has 0 saturated carbocycles. The number of hydrogen-bond acceptors (Lipinski definition) is 4. The zero-order valence-electron chi connectivity index (χ0n) is 10.6. The van der Waals surface area contributed by atoms with Crippen molar-refractivity contribution in [1.82, 2.24) is 5.32 Å². The van der Waals surface area contributed by atoms with Gasteiger partial charge in [0.2, 0.25) is 0 Å². The maximum Gasteiger partial charge on any atom is 0.0664 e. The molecule has 2 rings (SSSR count). The molecule has 2 N–H and O–H groups in total. The molecule has 0 bridgehead atoms. The van der Waals surface area contributed by atoms with E-state index < -0.39 is 0 Å². The summed E-state index contributed by atoms with van der Waals surface area (Å²) in [5.41, 5.74) is 1.31. The fraction of sp³-hybridized carbons (Fsp3) is 0.429. The van der Waals surface area contributed by atoms with Crippen LogP contribution in [-0.4, -0.2) is 17.8 Å². The SMILES string of the molecule is CCCC(O)CNCc1cc(-c2cccs2)cs1. The summed E-state index contributed by atoms with van der Waals surface area (Å²) in [7, 11) is 0. The van der Waals surface area contributed by atoms with Gasteiger partial charge in [-0.25, -0.2) is 0 Å². The molecular weight excluding hydrogens is 262 g/mol. The second kappa shape index (κ2) is 7.04. The van der Waals surface area contributed by atoms with Gasteiger partial charge >= 0.3 is 0 Å². The molecule has 0 aromatic carbocycles. The summed E-state index contributed by atoms with van der Waals surface area (Å²) in [4.78, 5) is 2.64. The molecule has 4 heteroatoms. The molecule has 98 valence electrons. The molecule has 2 nitrogen and oxygen atoms in total. The van der Waals surface area contributed by atoms with Crippen molar-refractivity contribution in [3.05, 3.63) is 33.8 Å². The Balaban J connectivity index is 1.81.